The van der Waals surface area contributed by atoms with Crippen LogP contribution in [-0.4, -0.2) is 40.6 Å². The number of fused-ring (bicyclic) bond motifs is 1. The molecule has 6 nitrogen and oxygen atoms in total. The minimum absolute atomic E-state index is 0.207. The molecule has 1 spiro atoms. The monoisotopic (exact) mass is 431 g/mol. The molecule has 1 unspecified atom stereocenters. The molecule has 2 aromatic rings. The minimum Gasteiger partial charge on any atom is -0.324 e. The smallest absolute Gasteiger partial charge is 0.324 e. The first-order valence-corrected chi connectivity index (χ1v) is 10.3. The second-order valence-electron chi connectivity index (χ2n) is 7.27. The summed E-state index contributed by atoms with van der Waals surface area (Å²) in [7, 11) is 0. The molecule has 0 bridgehead atoms. The van der Waals surface area contributed by atoms with E-state index in [1.165, 1.54) is 12.1 Å². The summed E-state index contributed by atoms with van der Waals surface area (Å²) in [5, 5.41) is 5.29. The molecule has 0 saturated carbocycles. The second-order valence-corrected chi connectivity index (χ2v) is 8.30. The van der Waals surface area contributed by atoms with Gasteiger partial charge in [-0.2, -0.15) is 8.78 Å². The molecule has 1 atom stereocenters. The maximum Gasteiger partial charge on any atom is 0.325 e. The summed E-state index contributed by atoms with van der Waals surface area (Å²) >= 11 is 0.314. The van der Waals surface area contributed by atoms with Crippen molar-refractivity contribution in [1.82, 2.24) is 10.2 Å². The number of thioether (sulfide) groups is 1. The third-order valence-corrected chi connectivity index (χ3v) is 6.14. The van der Waals surface area contributed by atoms with E-state index in [2.05, 4.69) is 10.6 Å². The van der Waals surface area contributed by atoms with E-state index in [0.717, 1.165) is 16.0 Å². The average molecular weight is 431 g/mol. The van der Waals surface area contributed by atoms with Gasteiger partial charge in [-0.15, -0.1) is 0 Å². The lowest BCUT2D eigenvalue weighted by atomic mass is 9.78. The topological polar surface area (TPSA) is 78.5 Å². The van der Waals surface area contributed by atoms with Gasteiger partial charge < -0.3 is 10.6 Å². The molecule has 30 heavy (non-hydrogen) atoms. The lowest BCUT2D eigenvalue weighted by Gasteiger charge is -2.32. The van der Waals surface area contributed by atoms with Crippen LogP contribution in [0.1, 0.15) is 17.5 Å². The largest absolute Gasteiger partial charge is 0.325 e. The van der Waals surface area contributed by atoms with E-state index in [1.807, 2.05) is 24.3 Å². The Morgan fingerprint density at radius 1 is 1.13 bits per heavy atom. The number of amides is 4. The quantitative estimate of drug-likeness (QED) is 0.562. The molecule has 1 fully saturated rings. The molecule has 9 heteroatoms. The lowest BCUT2D eigenvalue weighted by molar-refractivity contribution is -0.134. The number of aryl methyl sites for hydroxylation is 1. The van der Waals surface area contributed by atoms with Gasteiger partial charge in [0.2, 0.25) is 5.91 Å². The van der Waals surface area contributed by atoms with Crippen molar-refractivity contribution in [3.63, 3.8) is 0 Å². The Kier molecular flexibility index (Phi) is 5.46. The van der Waals surface area contributed by atoms with Gasteiger partial charge in [0.25, 0.3) is 11.7 Å². The van der Waals surface area contributed by atoms with E-state index in [-0.39, 0.29) is 10.6 Å². The maximum atomic E-state index is 13.1. The lowest BCUT2D eigenvalue weighted by Crippen LogP contribution is -2.51. The van der Waals surface area contributed by atoms with Gasteiger partial charge in [0, 0.05) is 11.3 Å². The van der Waals surface area contributed by atoms with Crippen LogP contribution < -0.4 is 10.6 Å². The van der Waals surface area contributed by atoms with Gasteiger partial charge in [-0.05, 0) is 36.1 Å². The third kappa shape index (κ3) is 3.89. The molecule has 4 amide bonds. The van der Waals surface area contributed by atoms with Crippen LogP contribution in [-0.2, 0) is 22.4 Å². The van der Waals surface area contributed by atoms with Crippen LogP contribution in [0.2, 0.25) is 0 Å². The molecule has 0 aromatic heterocycles. The first-order valence-electron chi connectivity index (χ1n) is 9.42. The number of anilines is 1. The number of carbonyl (C=O) groups excluding carboxylic acids is 3. The summed E-state index contributed by atoms with van der Waals surface area (Å²) in [5.74, 6) is -3.70. The Bertz CT molecular complexity index is 1020. The number of halogens is 2. The zero-order chi connectivity index (χ0) is 21.3. The Morgan fingerprint density at radius 2 is 1.83 bits per heavy atom. The number of benzene rings is 2. The van der Waals surface area contributed by atoms with E-state index in [4.69, 9.17) is 0 Å². The molecule has 2 aromatic carbocycles. The van der Waals surface area contributed by atoms with E-state index in [9.17, 15) is 23.2 Å². The first-order chi connectivity index (χ1) is 14.4. The Balaban J connectivity index is 1.46. The van der Waals surface area contributed by atoms with Crippen LogP contribution in [0.3, 0.4) is 0 Å². The number of imide groups is 1. The highest BCUT2D eigenvalue weighted by Crippen LogP contribution is 2.34. The zero-order valence-electron chi connectivity index (χ0n) is 15.9. The SMILES string of the molecule is O=C(CN1C(=O)NC2(CCc3ccccc3C2)C1=O)Nc1ccccc1SC(F)F. The Morgan fingerprint density at radius 3 is 2.60 bits per heavy atom. The number of alkyl halides is 2. The molecular formula is C21H19F2N3O3S. The van der Waals surface area contributed by atoms with Crippen molar-refractivity contribution >= 4 is 35.3 Å². The highest BCUT2D eigenvalue weighted by atomic mass is 32.2. The highest BCUT2D eigenvalue weighted by Gasteiger charge is 2.52. The number of para-hydroxylation sites is 1. The van der Waals surface area contributed by atoms with Crippen LogP contribution in [0, 0.1) is 0 Å². The number of hydrogen-bond acceptors (Lipinski definition) is 4. The first kappa shape index (κ1) is 20.3. The number of hydrogen-bond donors (Lipinski definition) is 2. The molecule has 1 heterocycles. The Hall–Kier alpha value is -2.94. The molecule has 156 valence electrons. The number of urea groups is 1. The average Bonchev–Trinajstić information content (AvgIpc) is 2.93. The molecule has 2 N–H and O–H groups in total. The normalized spacial score (nSPS) is 20.4. The standard InChI is InChI=1S/C21H19F2N3O3S/c22-19(23)30-16-8-4-3-7-15(16)24-17(27)12-26-18(28)21(25-20(26)29)10-9-13-5-1-2-6-14(13)11-21/h1-8,19H,9-12H2,(H,24,27)(H,25,29). The van der Waals surface area contributed by atoms with E-state index in [1.54, 1.807) is 12.1 Å². The molecule has 0 radical (unpaired) electrons. The van der Waals surface area contributed by atoms with Crippen molar-refractivity contribution in [2.75, 3.05) is 11.9 Å². The highest BCUT2D eigenvalue weighted by molar-refractivity contribution is 7.99. The molecule has 1 aliphatic carbocycles. The predicted molar refractivity (Wildman–Crippen MR) is 108 cm³/mol. The summed E-state index contributed by atoms with van der Waals surface area (Å²) in [5.41, 5.74) is 1.31. The summed E-state index contributed by atoms with van der Waals surface area (Å²) in [6, 6.07) is 13.3. The van der Waals surface area contributed by atoms with E-state index in [0.29, 0.717) is 31.0 Å². The van der Waals surface area contributed by atoms with Crippen molar-refractivity contribution in [2.24, 2.45) is 0 Å². The van der Waals surface area contributed by atoms with Crippen LogP contribution in [0.4, 0.5) is 19.3 Å². The van der Waals surface area contributed by atoms with E-state index >= 15 is 0 Å². The third-order valence-electron chi connectivity index (χ3n) is 5.36. The summed E-state index contributed by atoms with van der Waals surface area (Å²) in [6.45, 7) is -0.484. The zero-order valence-corrected chi connectivity index (χ0v) is 16.7. The van der Waals surface area contributed by atoms with Gasteiger partial charge in [-0.1, -0.05) is 48.2 Å². The second kappa shape index (κ2) is 8.06. The van der Waals surface area contributed by atoms with Gasteiger partial charge in [-0.3, -0.25) is 14.5 Å². The Labute approximate surface area is 176 Å². The number of carbonyl (C=O) groups is 3. The number of rotatable bonds is 5. The molecule has 2 aliphatic rings. The molecule has 1 saturated heterocycles. The maximum absolute atomic E-state index is 13.1. The van der Waals surface area contributed by atoms with Crippen molar-refractivity contribution in [2.45, 2.75) is 35.5 Å². The fourth-order valence-corrected chi connectivity index (χ4v) is 4.54. The van der Waals surface area contributed by atoms with Crippen molar-refractivity contribution < 1.29 is 23.2 Å². The van der Waals surface area contributed by atoms with Crippen LogP contribution in [0.15, 0.2) is 53.4 Å². The van der Waals surface area contributed by atoms with Crippen LogP contribution in [0.25, 0.3) is 0 Å². The molecule has 1 aliphatic heterocycles. The summed E-state index contributed by atoms with van der Waals surface area (Å²) < 4.78 is 25.4. The van der Waals surface area contributed by atoms with Crippen LogP contribution in [0.5, 0.6) is 0 Å². The van der Waals surface area contributed by atoms with Gasteiger partial charge >= 0.3 is 6.03 Å². The van der Waals surface area contributed by atoms with Crippen molar-refractivity contribution in [3.8, 4) is 0 Å². The fourth-order valence-electron chi connectivity index (χ4n) is 3.95. The van der Waals surface area contributed by atoms with Gasteiger partial charge in [0.05, 0.1) is 5.69 Å². The van der Waals surface area contributed by atoms with Crippen molar-refractivity contribution in [1.29, 1.82) is 0 Å². The summed E-state index contributed by atoms with van der Waals surface area (Å²) in [6.07, 6.45) is 1.49. The number of nitrogens with zero attached hydrogens (tertiary/aromatic N) is 1. The summed E-state index contributed by atoms with van der Waals surface area (Å²) in [4.78, 5) is 39.1. The van der Waals surface area contributed by atoms with Gasteiger partial charge in [0.15, 0.2) is 0 Å². The van der Waals surface area contributed by atoms with Gasteiger partial charge in [-0.25, -0.2) is 4.79 Å². The van der Waals surface area contributed by atoms with Gasteiger partial charge in [0.1, 0.15) is 12.1 Å². The minimum atomic E-state index is -2.64. The molecular weight excluding hydrogens is 412 g/mol. The van der Waals surface area contributed by atoms with Crippen molar-refractivity contribution in [3.05, 3.63) is 59.7 Å². The number of nitrogens with one attached hydrogen (secondary N) is 2. The van der Waals surface area contributed by atoms with Crippen LogP contribution >= 0.6 is 11.8 Å². The molecule has 4 rings (SSSR count). The van der Waals surface area contributed by atoms with E-state index < -0.39 is 35.7 Å². The fraction of sp³-hybridized carbons (Fsp3) is 0.286. The predicted octanol–water partition coefficient (Wildman–Crippen LogP) is 3.42.